The summed E-state index contributed by atoms with van der Waals surface area (Å²) < 4.78 is 42.3. The summed E-state index contributed by atoms with van der Waals surface area (Å²) in [6, 6.07) is 1.01. The second-order valence-electron chi connectivity index (χ2n) is 4.03. The number of furan rings is 1. The third kappa shape index (κ3) is 3.80. The lowest BCUT2D eigenvalue weighted by Crippen LogP contribution is -2.02. The maximum atomic E-state index is 12.5. The normalized spacial score (nSPS) is 13.4. The summed E-state index contributed by atoms with van der Waals surface area (Å²) in [6.45, 7) is 5.63. The van der Waals surface area contributed by atoms with E-state index in [-0.39, 0.29) is 11.7 Å². The predicted molar refractivity (Wildman–Crippen MR) is 62.3 cm³/mol. The van der Waals surface area contributed by atoms with E-state index in [4.69, 9.17) is 4.42 Å². The summed E-state index contributed by atoms with van der Waals surface area (Å²) in [5, 5.41) is 0. The average Bonchev–Trinajstić information content (AvgIpc) is 2.58. The molecule has 4 heteroatoms. The van der Waals surface area contributed by atoms with Crippen molar-refractivity contribution in [1.29, 1.82) is 0 Å². The van der Waals surface area contributed by atoms with Gasteiger partial charge in [-0.2, -0.15) is 13.2 Å². The number of alkyl halides is 3. The standard InChI is InChI=1S/C13H15F3O/c1-4-5-10-8-12(13(14,15)16)17-11(10)7-6-9(2)3/h4-9H,1-3H3/b5-4-,7-6-. The van der Waals surface area contributed by atoms with Gasteiger partial charge in [0, 0.05) is 5.56 Å². The first kappa shape index (κ1) is 13.6. The Kier molecular flexibility index (Phi) is 4.21. The maximum absolute atomic E-state index is 12.5. The topological polar surface area (TPSA) is 13.1 Å². The van der Waals surface area contributed by atoms with E-state index in [0.717, 1.165) is 6.07 Å². The van der Waals surface area contributed by atoms with Crippen molar-refractivity contribution in [2.45, 2.75) is 26.9 Å². The summed E-state index contributed by atoms with van der Waals surface area (Å²) in [5.41, 5.74) is 0.441. The minimum atomic E-state index is -4.44. The molecule has 0 bridgehead atoms. The van der Waals surface area contributed by atoms with Crippen LogP contribution in [0.1, 0.15) is 37.9 Å². The van der Waals surface area contributed by atoms with Crippen LogP contribution in [0.2, 0.25) is 0 Å². The van der Waals surface area contributed by atoms with Crippen LogP contribution in [0.4, 0.5) is 13.2 Å². The van der Waals surface area contributed by atoms with E-state index in [1.54, 1.807) is 31.2 Å². The van der Waals surface area contributed by atoms with Gasteiger partial charge in [-0.15, -0.1) is 0 Å². The molecule has 0 N–H and O–H groups in total. The SMILES string of the molecule is C/C=C\c1cc(C(F)(F)F)oc1/C=C\C(C)C. The van der Waals surface area contributed by atoms with Crippen molar-refractivity contribution < 1.29 is 17.6 Å². The molecule has 1 aromatic rings. The first-order chi connectivity index (χ1) is 7.84. The van der Waals surface area contributed by atoms with Crippen LogP contribution in [0, 0.1) is 5.92 Å². The van der Waals surface area contributed by atoms with Gasteiger partial charge >= 0.3 is 6.18 Å². The van der Waals surface area contributed by atoms with Gasteiger partial charge in [0.1, 0.15) is 5.76 Å². The molecule has 0 aliphatic carbocycles. The van der Waals surface area contributed by atoms with Crippen LogP contribution in [-0.2, 0) is 6.18 Å². The fourth-order valence-electron chi connectivity index (χ4n) is 1.28. The number of allylic oxidation sites excluding steroid dienone is 2. The van der Waals surface area contributed by atoms with E-state index in [0.29, 0.717) is 5.56 Å². The minimum absolute atomic E-state index is 0.240. The van der Waals surface area contributed by atoms with Gasteiger partial charge in [-0.05, 0) is 25.0 Å². The van der Waals surface area contributed by atoms with Crippen molar-refractivity contribution in [3.8, 4) is 0 Å². The van der Waals surface area contributed by atoms with Gasteiger partial charge in [0.15, 0.2) is 0 Å². The number of halogens is 3. The highest BCUT2D eigenvalue weighted by molar-refractivity contribution is 5.62. The van der Waals surface area contributed by atoms with Gasteiger partial charge in [0.05, 0.1) is 0 Å². The van der Waals surface area contributed by atoms with Crippen LogP contribution in [0.3, 0.4) is 0 Å². The molecule has 1 aromatic heterocycles. The van der Waals surface area contributed by atoms with Gasteiger partial charge in [-0.3, -0.25) is 0 Å². The van der Waals surface area contributed by atoms with Gasteiger partial charge in [-0.25, -0.2) is 0 Å². The Balaban J connectivity index is 3.14. The highest BCUT2D eigenvalue weighted by Gasteiger charge is 2.35. The van der Waals surface area contributed by atoms with Crippen LogP contribution >= 0.6 is 0 Å². The Bertz CT molecular complexity index is 422. The lowest BCUT2D eigenvalue weighted by atomic mass is 10.1. The van der Waals surface area contributed by atoms with E-state index < -0.39 is 11.9 Å². The van der Waals surface area contributed by atoms with Crippen molar-refractivity contribution in [2.75, 3.05) is 0 Å². The molecular formula is C13H15F3O. The zero-order chi connectivity index (χ0) is 13.1. The summed E-state index contributed by atoms with van der Waals surface area (Å²) in [4.78, 5) is 0. The van der Waals surface area contributed by atoms with Gasteiger partial charge in [0.25, 0.3) is 0 Å². The van der Waals surface area contributed by atoms with Gasteiger partial charge in [-0.1, -0.05) is 32.1 Å². The van der Waals surface area contributed by atoms with Crippen LogP contribution in [0.25, 0.3) is 12.2 Å². The Labute approximate surface area is 98.6 Å². The van der Waals surface area contributed by atoms with E-state index in [2.05, 4.69) is 0 Å². The van der Waals surface area contributed by atoms with Crippen LogP contribution in [0.15, 0.2) is 22.6 Å². The van der Waals surface area contributed by atoms with E-state index in [1.165, 1.54) is 0 Å². The fourth-order valence-corrected chi connectivity index (χ4v) is 1.28. The van der Waals surface area contributed by atoms with Crippen molar-refractivity contribution in [1.82, 2.24) is 0 Å². The molecule has 0 unspecified atom stereocenters. The fraction of sp³-hybridized carbons (Fsp3) is 0.385. The Morgan fingerprint density at radius 3 is 2.35 bits per heavy atom. The molecule has 0 fully saturated rings. The van der Waals surface area contributed by atoms with E-state index in [9.17, 15) is 13.2 Å². The van der Waals surface area contributed by atoms with Crippen molar-refractivity contribution in [3.63, 3.8) is 0 Å². The first-order valence-corrected chi connectivity index (χ1v) is 5.36. The smallest absolute Gasteiger partial charge is 0.449 e. The molecule has 1 nitrogen and oxygen atoms in total. The largest absolute Gasteiger partial charge is 0.452 e. The quantitative estimate of drug-likeness (QED) is 0.729. The second-order valence-corrected chi connectivity index (χ2v) is 4.03. The average molecular weight is 244 g/mol. The van der Waals surface area contributed by atoms with Crippen LogP contribution < -0.4 is 0 Å². The lowest BCUT2D eigenvalue weighted by Gasteiger charge is -1.99. The summed E-state index contributed by atoms with van der Waals surface area (Å²) >= 11 is 0. The Morgan fingerprint density at radius 2 is 1.88 bits per heavy atom. The third-order valence-corrected chi connectivity index (χ3v) is 2.05. The van der Waals surface area contributed by atoms with Crippen molar-refractivity contribution in [3.05, 3.63) is 35.3 Å². The molecule has 0 saturated carbocycles. The summed E-state index contributed by atoms with van der Waals surface area (Å²) in [7, 11) is 0. The van der Waals surface area contributed by atoms with Crippen molar-refractivity contribution in [2.24, 2.45) is 5.92 Å². The molecule has 0 amide bonds. The highest BCUT2D eigenvalue weighted by Crippen LogP contribution is 2.33. The number of rotatable bonds is 3. The first-order valence-electron chi connectivity index (χ1n) is 5.36. The van der Waals surface area contributed by atoms with Gasteiger partial charge in [0.2, 0.25) is 5.76 Å². The molecule has 0 atom stereocenters. The third-order valence-electron chi connectivity index (χ3n) is 2.05. The number of hydrogen-bond donors (Lipinski definition) is 0. The van der Waals surface area contributed by atoms with E-state index >= 15 is 0 Å². The molecule has 0 aliphatic rings. The number of hydrogen-bond acceptors (Lipinski definition) is 1. The molecular weight excluding hydrogens is 229 g/mol. The zero-order valence-electron chi connectivity index (χ0n) is 10.0. The Morgan fingerprint density at radius 1 is 1.24 bits per heavy atom. The molecule has 1 heterocycles. The molecule has 1 rings (SSSR count). The second kappa shape index (κ2) is 5.25. The zero-order valence-corrected chi connectivity index (χ0v) is 10.0. The summed E-state index contributed by atoms with van der Waals surface area (Å²) in [5.74, 6) is -0.467. The minimum Gasteiger partial charge on any atom is -0.452 e. The molecule has 0 radical (unpaired) electrons. The highest BCUT2D eigenvalue weighted by atomic mass is 19.4. The Hall–Kier alpha value is -1.45. The molecule has 94 valence electrons. The van der Waals surface area contributed by atoms with Gasteiger partial charge < -0.3 is 4.42 Å². The summed E-state index contributed by atoms with van der Waals surface area (Å²) in [6.07, 6.45) is 2.21. The molecule has 0 saturated heterocycles. The van der Waals surface area contributed by atoms with Crippen LogP contribution in [0.5, 0.6) is 0 Å². The van der Waals surface area contributed by atoms with Crippen molar-refractivity contribution >= 4 is 12.2 Å². The predicted octanol–water partition coefficient (Wildman–Crippen LogP) is 5.00. The monoisotopic (exact) mass is 244 g/mol. The molecule has 17 heavy (non-hydrogen) atoms. The van der Waals surface area contributed by atoms with E-state index in [1.807, 2.05) is 13.8 Å². The lowest BCUT2D eigenvalue weighted by molar-refractivity contribution is -0.153. The molecule has 0 aliphatic heterocycles. The molecule has 0 spiro atoms. The maximum Gasteiger partial charge on any atom is 0.449 e. The van der Waals surface area contributed by atoms with Crippen LogP contribution in [-0.4, -0.2) is 0 Å². The molecule has 0 aromatic carbocycles.